The fourth-order valence-corrected chi connectivity index (χ4v) is 3.00. The highest BCUT2D eigenvalue weighted by atomic mass is 79.9. The van der Waals surface area contributed by atoms with Gasteiger partial charge in [0, 0.05) is 42.3 Å². The van der Waals surface area contributed by atoms with Gasteiger partial charge in [0.25, 0.3) is 0 Å². The zero-order chi connectivity index (χ0) is 15.2. The van der Waals surface area contributed by atoms with Crippen molar-refractivity contribution in [3.63, 3.8) is 0 Å². The molecule has 2 rings (SSSR count). The lowest BCUT2D eigenvalue weighted by atomic mass is 10.1. The van der Waals surface area contributed by atoms with Crippen LogP contribution in [-0.2, 0) is 4.79 Å². The standard InChI is InChI=1S/C16H24BrN3O.2ClH/c1-12(18)5-6-16(21)19-10-13-7-8-20(11-13)15-4-2-3-14(17)9-15;;/h2-4,9,12-13H,5-8,10-11,18H2,1H3,(H,19,21);2*1H. The van der Waals surface area contributed by atoms with Crippen LogP contribution in [0.5, 0.6) is 0 Å². The van der Waals surface area contributed by atoms with Gasteiger partial charge in [-0.1, -0.05) is 22.0 Å². The number of rotatable bonds is 6. The van der Waals surface area contributed by atoms with Crippen LogP contribution in [0.4, 0.5) is 5.69 Å². The van der Waals surface area contributed by atoms with E-state index in [0.29, 0.717) is 12.3 Å². The second-order valence-electron chi connectivity index (χ2n) is 5.90. The van der Waals surface area contributed by atoms with Gasteiger partial charge in [-0.05, 0) is 43.9 Å². The second-order valence-corrected chi connectivity index (χ2v) is 6.82. The molecule has 1 aromatic rings. The van der Waals surface area contributed by atoms with E-state index in [-0.39, 0.29) is 36.8 Å². The van der Waals surface area contributed by atoms with E-state index in [4.69, 9.17) is 5.73 Å². The first kappa shape index (κ1) is 22.5. The van der Waals surface area contributed by atoms with Gasteiger partial charge in [0.05, 0.1) is 0 Å². The van der Waals surface area contributed by atoms with Gasteiger partial charge in [-0.25, -0.2) is 0 Å². The summed E-state index contributed by atoms with van der Waals surface area (Å²) in [6.07, 6.45) is 2.40. The predicted octanol–water partition coefficient (Wildman–Crippen LogP) is 3.36. The van der Waals surface area contributed by atoms with Crippen molar-refractivity contribution < 1.29 is 4.79 Å². The molecule has 7 heteroatoms. The van der Waals surface area contributed by atoms with E-state index in [9.17, 15) is 4.79 Å². The van der Waals surface area contributed by atoms with Gasteiger partial charge >= 0.3 is 0 Å². The number of anilines is 1. The van der Waals surface area contributed by atoms with Crippen LogP contribution in [0, 0.1) is 5.92 Å². The average molecular weight is 427 g/mol. The normalized spacial score (nSPS) is 17.9. The Labute approximate surface area is 159 Å². The van der Waals surface area contributed by atoms with Gasteiger partial charge in [-0.3, -0.25) is 4.79 Å². The molecule has 2 unspecified atom stereocenters. The van der Waals surface area contributed by atoms with Crippen molar-refractivity contribution in [2.75, 3.05) is 24.5 Å². The lowest BCUT2D eigenvalue weighted by Gasteiger charge is -2.19. The smallest absolute Gasteiger partial charge is 0.220 e. The van der Waals surface area contributed by atoms with Gasteiger partial charge in [0.2, 0.25) is 5.91 Å². The molecule has 1 fully saturated rings. The van der Waals surface area contributed by atoms with Gasteiger partial charge in [0.15, 0.2) is 0 Å². The summed E-state index contributed by atoms with van der Waals surface area (Å²) in [5.74, 6) is 0.649. The molecule has 1 saturated heterocycles. The fraction of sp³-hybridized carbons (Fsp3) is 0.562. The molecule has 1 amide bonds. The SMILES string of the molecule is CC(N)CCC(=O)NCC1CCN(c2cccc(Br)c2)C1.Cl.Cl. The van der Waals surface area contributed by atoms with E-state index in [2.05, 4.69) is 44.3 Å². The van der Waals surface area contributed by atoms with Crippen molar-refractivity contribution in [3.8, 4) is 0 Å². The van der Waals surface area contributed by atoms with Crippen molar-refractivity contribution in [2.24, 2.45) is 11.7 Å². The maximum absolute atomic E-state index is 11.7. The number of benzene rings is 1. The highest BCUT2D eigenvalue weighted by Crippen LogP contribution is 2.25. The second kappa shape index (κ2) is 11.1. The number of nitrogens with zero attached hydrogens (tertiary/aromatic N) is 1. The monoisotopic (exact) mass is 425 g/mol. The molecular formula is C16H26BrCl2N3O. The van der Waals surface area contributed by atoms with Gasteiger partial charge in [-0.15, -0.1) is 24.8 Å². The minimum Gasteiger partial charge on any atom is -0.371 e. The van der Waals surface area contributed by atoms with Gasteiger partial charge < -0.3 is 16.0 Å². The average Bonchev–Trinajstić information content (AvgIpc) is 2.92. The molecule has 0 bridgehead atoms. The van der Waals surface area contributed by atoms with E-state index in [0.717, 1.165) is 36.9 Å². The quantitative estimate of drug-likeness (QED) is 0.732. The molecule has 2 atom stereocenters. The molecule has 4 nitrogen and oxygen atoms in total. The van der Waals surface area contributed by atoms with Crippen LogP contribution >= 0.6 is 40.7 Å². The molecule has 23 heavy (non-hydrogen) atoms. The Morgan fingerprint density at radius 3 is 2.87 bits per heavy atom. The topological polar surface area (TPSA) is 58.4 Å². The highest BCUT2D eigenvalue weighted by Gasteiger charge is 2.23. The third kappa shape index (κ3) is 7.75. The molecule has 1 aliphatic rings. The van der Waals surface area contributed by atoms with Crippen LogP contribution in [0.2, 0.25) is 0 Å². The zero-order valence-electron chi connectivity index (χ0n) is 13.3. The van der Waals surface area contributed by atoms with Crippen molar-refractivity contribution >= 4 is 52.3 Å². The first-order valence-electron chi connectivity index (χ1n) is 7.57. The number of hydrogen-bond donors (Lipinski definition) is 2. The molecule has 3 N–H and O–H groups in total. The molecule has 0 spiro atoms. The number of amides is 1. The Bertz CT molecular complexity index is 488. The van der Waals surface area contributed by atoms with E-state index in [1.54, 1.807) is 0 Å². The maximum atomic E-state index is 11.7. The number of hydrogen-bond acceptors (Lipinski definition) is 3. The van der Waals surface area contributed by atoms with Crippen LogP contribution in [0.15, 0.2) is 28.7 Å². The van der Waals surface area contributed by atoms with Crippen molar-refractivity contribution in [1.29, 1.82) is 0 Å². The molecule has 0 radical (unpaired) electrons. The fourth-order valence-electron chi connectivity index (χ4n) is 2.61. The zero-order valence-corrected chi connectivity index (χ0v) is 16.6. The van der Waals surface area contributed by atoms with Crippen LogP contribution in [0.3, 0.4) is 0 Å². The first-order chi connectivity index (χ1) is 10.0. The summed E-state index contributed by atoms with van der Waals surface area (Å²) in [6, 6.07) is 8.46. The maximum Gasteiger partial charge on any atom is 0.220 e. The molecule has 1 aromatic carbocycles. The summed E-state index contributed by atoms with van der Waals surface area (Å²) in [6.45, 7) is 4.75. The van der Waals surface area contributed by atoms with Crippen LogP contribution in [-0.4, -0.2) is 31.6 Å². The summed E-state index contributed by atoms with van der Waals surface area (Å²) < 4.78 is 1.10. The predicted molar refractivity (Wildman–Crippen MR) is 105 cm³/mol. The molecule has 0 saturated carbocycles. The Hall–Kier alpha value is -0.490. The molecule has 132 valence electrons. The van der Waals surface area contributed by atoms with E-state index < -0.39 is 0 Å². The number of carbonyl (C=O) groups excluding carboxylic acids is 1. The Morgan fingerprint density at radius 1 is 1.48 bits per heavy atom. The lowest BCUT2D eigenvalue weighted by molar-refractivity contribution is -0.121. The summed E-state index contributed by atoms with van der Waals surface area (Å²) in [5, 5.41) is 3.03. The Morgan fingerprint density at radius 2 is 2.22 bits per heavy atom. The summed E-state index contributed by atoms with van der Waals surface area (Å²) >= 11 is 3.51. The van der Waals surface area contributed by atoms with Crippen molar-refractivity contribution in [2.45, 2.75) is 32.2 Å². The Balaban J connectivity index is 0.00000242. The van der Waals surface area contributed by atoms with Crippen molar-refractivity contribution in [1.82, 2.24) is 5.32 Å². The minimum atomic E-state index is 0. The van der Waals surface area contributed by atoms with Crippen LogP contribution < -0.4 is 16.0 Å². The molecule has 1 aliphatic heterocycles. The largest absolute Gasteiger partial charge is 0.371 e. The van der Waals surface area contributed by atoms with Gasteiger partial charge in [0.1, 0.15) is 0 Å². The summed E-state index contributed by atoms with van der Waals surface area (Å²) in [7, 11) is 0. The van der Waals surface area contributed by atoms with E-state index in [1.165, 1.54) is 5.69 Å². The number of nitrogens with one attached hydrogen (secondary N) is 1. The summed E-state index contributed by atoms with van der Waals surface area (Å²) in [4.78, 5) is 14.1. The van der Waals surface area contributed by atoms with Gasteiger partial charge in [-0.2, -0.15) is 0 Å². The number of nitrogens with two attached hydrogens (primary N) is 1. The van der Waals surface area contributed by atoms with Crippen LogP contribution in [0.25, 0.3) is 0 Å². The van der Waals surface area contributed by atoms with Crippen LogP contribution in [0.1, 0.15) is 26.2 Å². The minimum absolute atomic E-state index is 0. The highest BCUT2D eigenvalue weighted by molar-refractivity contribution is 9.10. The number of carbonyl (C=O) groups is 1. The lowest BCUT2D eigenvalue weighted by Crippen LogP contribution is -2.31. The van der Waals surface area contributed by atoms with E-state index in [1.807, 2.05) is 13.0 Å². The van der Waals surface area contributed by atoms with Crippen molar-refractivity contribution in [3.05, 3.63) is 28.7 Å². The molecule has 1 heterocycles. The Kier molecular flexibility index (Phi) is 10.9. The first-order valence-corrected chi connectivity index (χ1v) is 8.36. The third-order valence-electron chi connectivity index (χ3n) is 3.87. The molecule has 0 aromatic heterocycles. The van der Waals surface area contributed by atoms with E-state index >= 15 is 0 Å². The third-order valence-corrected chi connectivity index (χ3v) is 4.37. The summed E-state index contributed by atoms with van der Waals surface area (Å²) in [5.41, 5.74) is 6.91. The molecule has 0 aliphatic carbocycles. The number of halogens is 3. The molecular weight excluding hydrogens is 401 g/mol.